The van der Waals surface area contributed by atoms with Gasteiger partial charge in [-0.15, -0.1) is 0 Å². The van der Waals surface area contributed by atoms with Gasteiger partial charge in [0, 0.05) is 13.1 Å². The largest absolute Gasteiger partial charge is 0.481 e. The number of aliphatic carboxylic acids is 1. The molecule has 0 radical (unpaired) electrons. The molecule has 0 bridgehead atoms. The fraction of sp³-hybridized carbons (Fsp3) is 0.429. The first-order valence-electron chi connectivity index (χ1n) is 6.35. The highest BCUT2D eigenvalue weighted by Crippen LogP contribution is 2.04. The van der Waals surface area contributed by atoms with Crippen LogP contribution < -0.4 is 10.6 Å². The lowest BCUT2D eigenvalue weighted by Gasteiger charge is -2.10. The van der Waals surface area contributed by atoms with E-state index >= 15 is 0 Å². The Balaban J connectivity index is 2.31. The Labute approximate surface area is 113 Å². The first kappa shape index (κ1) is 15.0. The van der Waals surface area contributed by atoms with Crippen LogP contribution in [0.15, 0.2) is 24.3 Å². The monoisotopic (exact) mass is 264 g/mol. The average molecular weight is 264 g/mol. The minimum absolute atomic E-state index is 0.121. The summed E-state index contributed by atoms with van der Waals surface area (Å²) in [5.74, 6) is -1.51. The van der Waals surface area contributed by atoms with Gasteiger partial charge in [-0.25, -0.2) is 4.79 Å². The topological polar surface area (TPSA) is 78.4 Å². The van der Waals surface area contributed by atoms with Crippen LogP contribution >= 0.6 is 0 Å². The molecule has 0 aromatic heterocycles. The third-order valence-corrected chi connectivity index (χ3v) is 2.87. The van der Waals surface area contributed by atoms with E-state index in [0.29, 0.717) is 6.54 Å². The Kier molecular flexibility index (Phi) is 5.85. The van der Waals surface area contributed by atoms with Crippen LogP contribution in [0.3, 0.4) is 0 Å². The highest BCUT2D eigenvalue weighted by Gasteiger charge is 2.11. The lowest BCUT2D eigenvalue weighted by Crippen LogP contribution is -2.38. The van der Waals surface area contributed by atoms with Crippen molar-refractivity contribution in [2.24, 2.45) is 5.92 Å². The van der Waals surface area contributed by atoms with Gasteiger partial charge in [0.2, 0.25) is 0 Å². The molecule has 1 aromatic carbocycles. The summed E-state index contributed by atoms with van der Waals surface area (Å²) in [6.07, 6.45) is 0.987. The molecular formula is C14H20N2O3. The summed E-state index contributed by atoms with van der Waals surface area (Å²) in [6, 6.07) is 7.65. The molecule has 2 amide bonds. The number of carboxylic acids is 1. The van der Waals surface area contributed by atoms with E-state index in [1.165, 1.54) is 5.56 Å². The van der Waals surface area contributed by atoms with E-state index < -0.39 is 11.9 Å². The number of benzene rings is 1. The molecule has 5 heteroatoms. The SMILES string of the molecule is CCc1ccc(CNC(=O)NCC(C)C(=O)O)cc1. The molecule has 0 fully saturated rings. The lowest BCUT2D eigenvalue weighted by atomic mass is 10.1. The summed E-state index contributed by atoms with van der Waals surface area (Å²) in [7, 11) is 0. The first-order chi connectivity index (χ1) is 9.02. The maximum absolute atomic E-state index is 11.5. The number of carbonyl (C=O) groups excluding carboxylic acids is 1. The number of amides is 2. The zero-order valence-corrected chi connectivity index (χ0v) is 11.3. The van der Waals surface area contributed by atoms with Crippen molar-refractivity contribution in [3.63, 3.8) is 0 Å². The van der Waals surface area contributed by atoms with Gasteiger partial charge in [-0.1, -0.05) is 38.1 Å². The molecule has 0 aliphatic carbocycles. The van der Waals surface area contributed by atoms with Crippen LogP contribution in [0.2, 0.25) is 0 Å². The summed E-state index contributed by atoms with van der Waals surface area (Å²) in [5, 5.41) is 13.9. The Hall–Kier alpha value is -2.04. The zero-order valence-electron chi connectivity index (χ0n) is 11.3. The minimum atomic E-state index is -0.921. The van der Waals surface area contributed by atoms with Gasteiger partial charge >= 0.3 is 12.0 Å². The third-order valence-electron chi connectivity index (χ3n) is 2.87. The van der Waals surface area contributed by atoms with Crippen molar-refractivity contribution < 1.29 is 14.7 Å². The van der Waals surface area contributed by atoms with Crippen molar-refractivity contribution >= 4 is 12.0 Å². The Bertz CT molecular complexity index is 429. The smallest absolute Gasteiger partial charge is 0.315 e. The second-order valence-corrected chi connectivity index (χ2v) is 4.47. The number of nitrogens with one attached hydrogen (secondary N) is 2. The van der Waals surface area contributed by atoms with Crippen LogP contribution in [0.4, 0.5) is 4.79 Å². The van der Waals surface area contributed by atoms with Crippen LogP contribution in [0, 0.1) is 5.92 Å². The van der Waals surface area contributed by atoms with Gasteiger partial charge in [0.25, 0.3) is 0 Å². The summed E-state index contributed by atoms with van der Waals surface area (Å²) >= 11 is 0. The summed E-state index contributed by atoms with van der Waals surface area (Å²) in [5.41, 5.74) is 2.27. The number of rotatable bonds is 6. The fourth-order valence-electron chi connectivity index (χ4n) is 1.47. The van der Waals surface area contributed by atoms with Gasteiger partial charge < -0.3 is 15.7 Å². The normalized spacial score (nSPS) is 11.7. The van der Waals surface area contributed by atoms with Crippen molar-refractivity contribution in [3.8, 4) is 0 Å². The van der Waals surface area contributed by atoms with Gasteiger partial charge in [0.15, 0.2) is 0 Å². The summed E-state index contributed by atoms with van der Waals surface area (Å²) in [6.45, 7) is 4.18. The van der Waals surface area contributed by atoms with E-state index in [2.05, 4.69) is 17.6 Å². The molecule has 0 spiro atoms. The molecule has 0 aliphatic rings. The molecule has 0 saturated carbocycles. The molecule has 1 unspecified atom stereocenters. The highest BCUT2D eigenvalue weighted by molar-refractivity contribution is 5.75. The number of aryl methyl sites for hydroxylation is 1. The highest BCUT2D eigenvalue weighted by atomic mass is 16.4. The van der Waals surface area contributed by atoms with Crippen molar-refractivity contribution in [2.75, 3.05) is 6.54 Å². The van der Waals surface area contributed by atoms with E-state index in [1.54, 1.807) is 6.92 Å². The van der Waals surface area contributed by atoms with E-state index in [1.807, 2.05) is 24.3 Å². The number of hydrogen-bond donors (Lipinski definition) is 3. The Morgan fingerprint density at radius 2 is 1.74 bits per heavy atom. The minimum Gasteiger partial charge on any atom is -0.481 e. The van der Waals surface area contributed by atoms with Crippen LogP contribution in [0.25, 0.3) is 0 Å². The molecular weight excluding hydrogens is 244 g/mol. The van der Waals surface area contributed by atoms with Crippen LogP contribution in [0.1, 0.15) is 25.0 Å². The molecule has 19 heavy (non-hydrogen) atoms. The quantitative estimate of drug-likeness (QED) is 0.732. The predicted molar refractivity (Wildman–Crippen MR) is 72.9 cm³/mol. The van der Waals surface area contributed by atoms with Crippen LogP contribution in [-0.4, -0.2) is 23.7 Å². The Morgan fingerprint density at radius 1 is 1.16 bits per heavy atom. The maximum atomic E-state index is 11.5. The number of urea groups is 1. The van der Waals surface area contributed by atoms with Crippen LogP contribution in [-0.2, 0) is 17.8 Å². The first-order valence-corrected chi connectivity index (χ1v) is 6.35. The van der Waals surface area contributed by atoms with Gasteiger partial charge in [0.1, 0.15) is 0 Å². The third kappa shape index (κ3) is 5.42. The van der Waals surface area contributed by atoms with Crippen molar-refractivity contribution in [1.82, 2.24) is 10.6 Å². The second kappa shape index (κ2) is 7.41. The van der Waals surface area contributed by atoms with E-state index in [4.69, 9.17) is 5.11 Å². The number of hydrogen-bond acceptors (Lipinski definition) is 2. The van der Waals surface area contributed by atoms with E-state index in [-0.39, 0.29) is 12.6 Å². The summed E-state index contributed by atoms with van der Waals surface area (Å²) in [4.78, 5) is 22.0. The zero-order chi connectivity index (χ0) is 14.3. The van der Waals surface area contributed by atoms with E-state index in [0.717, 1.165) is 12.0 Å². The Morgan fingerprint density at radius 3 is 2.26 bits per heavy atom. The average Bonchev–Trinajstić information content (AvgIpc) is 2.42. The molecule has 1 rings (SSSR count). The molecule has 5 nitrogen and oxygen atoms in total. The molecule has 104 valence electrons. The molecule has 0 saturated heterocycles. The van der Waals surface area contributed by atoms with Gasteiger partial charge in [-0.2, -0.15) is 0 Å². The van der Waals surface area contributed by atoms with Crippen LogP contribution in [0.5, 0.6) is 0 Å². The molecule has 1 atom stereocenters. The number of carboxylic acid groups (broad SMARTS) is 1. The lowest BCUT2D eigenvalue weighted by molar-refractivity contribution is -0.140. The van der Waals surface area contributed by atoms with Gasteiger partial charge in [-0.3, -0.25) is 4.79 Å². The molecule has 0 aliphatic heterocycles. The van der Waals surface area contributed by atoms with Crippen molar-refractivity contribution in [1.29, 1.82) is 0 Å². The number of carbonyl (C=O) groups is 2. The predicted octanol–water partition coefficient (Wildman–Crippen LogP) is 1.77. The van der Waals surface area contributed by atoms with E-state index in [9.17, 15) is 9.59 Å². The van der Waals surface area contributed by atoms with Gasteiger partial charge in [-0.05, 0) is 17.5 Å². The van der Waals surface area contributed by atoms with Crippen molar-refractivity contribution in [3.05, 3.63) is 35.4 Å². The van der Waals surface area contributed by atoms with Crippen molar-refractivity contribution in [2.45, 2.75) is 26.8 Å². The standard InChI is InChI=1S/C14H20N2O3/c1-3-11-4-6-12(7-5-11)9-16-14(19)15-8-10(2)13(17)18/h4-7,10H,3,8-9H2,1-2H3,(H,17,18)(H2,15,16,19). The maximum Gasteiger partial charge on any atom is 0.315 e. The molecule has 0 heterocycles. The summed E-state index contributed by atoms with van der Waals surface area (Å²) < 4.78 is 0. The second-order valence-electron chi connectivity index (χ2n) is 4.47. The van der Waals surface area contributed by atoms with Gasteiger partial charge in [0.05, 0.1) is 5.92 Å². The molecule has 1 aromatic rings. The molecule has 3 N–H and O–H groups in total. The fourth-order valence-corrected chi connectivity index (χ4v) is 1.47.